The first-order valence-electron chi connectivity index (χ1n) is 6.85. The van der Waals surface area contributed by atoms with Crippen LogP contribution in [0.2, 0.25) is 5.02 Å². The van der Waals surface area contributed by atoms with E-state index < -0.39 is 0 Å². The molecule has 5 heteroatoms. The molecule has 0 spiro atoms. The zero-order valence-electron chi connectivity index (χ0n) is 12.7. The molecule has 116 valence electrons. The fourth-order valence-corrected chi connectivity index (χ4v) is 2.21. The maximum Gasteiger partial charge on any atom is 0.293 e. The van der Waals surface area contributed by atoms with Crippen molar-refractivity contribution in [3.8, 4) is 0 Å². The molecule has 2 rings (SSSR count). The second-order valence-corrected chi connectivity index (χ2v) is 6.53. The summed E-state index contributed by atoms with van der Waals surface area (Å²) in [6.45, 7) is 7.66. The first kappa shape index (κ1) is 17.7. The van der Waals surface area contributed by atoms with Crippen LogP contribution in [0.3, 0.4) is 0 Å². The van der Waals surface area contributed by atoms with Gasteiger partial charge in [-0.05, 0) is 38.5 Å². The summed E-state index contributed by atoms with van der Waals surface area (Å²) < 4.78 is 4.55. The lowest BCUT2D eigenvalue weighted by atomic mass is 9.73. The average molecular weight is 312 g/mol. The third-order valence-corrected chi connectivity index (χ3v) is 3.47. The van der Waals surface area contributed by atoms with Crippen LogP contribution < -0.4 is 5.32 Å². The number of carbonyl (C=O) groups excluding carboxylic acids is 2. The summed E-state index contributed by atoms with van der Waals surface area (Å²) in [6, 6.07) is 7.77. The van der Waals surface area contributed by atoms with E-state index in [0.29, 0.717) is 12.9 Å². The van der Waals surface area contributed by atoms with Crippen LogP contribution in [0.1, 0.15) is 32.8 Å². The minimum Gasteiger partial charge on any atom is -0.462 e. The summed E-state index contributed by atoms with van der Waals surface area (Å²) in [5.41, 5.74) is 0.838. The van der Waals surface area contributed by atoms with E-state index in [1.54, 1.807) is 0 Å². The van der Waals surface area contributed by atoms with Gasteiger partial charge in [-0.2, -0.15) is 0 Å². The molecule has 0 atom stereocenters. The fourth-order valence-electron chi connectivity index (χ4n) is 2.02. The molecule has 1 aromatic carbocycles. The minimum atomic E-state index is -0.318. The van der Waals surface area contributed by atoms with E-state index in [1.165, 1.54) is 0 Å². The lowest BCUT2D eigenvalue weighted by molar-refractivity contribution is -0.138. The summed E-state index contributed by atoms with van der Waals surface area (Å²) in [6.07, 6.45) is 1.56. The predicted molar refractivity (Wildman–Crippen MR) is 83.6 cm³/mol. The van der Waals surface area contributed by atoms with Crippen LogP contribution >= 0.6 is 11.6 Å². The Morgan fingerprint density at radius 1 is 1.33 bits per heavy atom. The smallest absolute Gasteiger partial charge is 0.293 e. The molecule has 1 fully saturated rings. The summed E-state index contributed by atoms with van der Waals surface area (Å²) in [5, 5.41) is 3.94. The van der Waals surface area contributed by atoms with Crippen molar-refractivity contribution in [2.24, 2.45) is 0 Å². The molecule has 0 radical (unpaired) electrons. The van der Waals surface area contributed by atoms with Crippen LogP contribution in [-0.2, 0) is 19.7 Å². The molecule has 1 heterocycles. The van der Waals surface area contributed by atoms with Gasteiger partial charge in [0.2, 0.25) is 0 Å². The molecule has 0 amide bonds. The number of carbonyl (C=O) groups is 2. The molecule has 0 bridgehead atoms. The van der Waals surface area contributed by atoms with Gasteiger partial charge >= 0.3 is 0 Å². The summed E-state index contributed by atoms with van der Waals surface area (Å²) in [7, 11) is 0. The van der Waals surface area contributed by atoms with Crippen molar-refractivity contribution in [2.45, 2.75) is 38.2 Å². The molecular weight excluding hydrogens is 290 g/mol. The molecule has 4 nitrogen and oxygen atoms in total. The zero-order chi connectivity index (χ0) is 15.9. The Labute approximate surface area is 130 Å². The van der Waals surface area contributed by atoms with E-state index in [2.05, 4.69) is 10.1 Å². The van der Waals surface area contributed by atoms with Gasteiger partial charge in [0, 0.05) is 29.9 Å². The summed E-state index contributed by atoms with van der Waals surface area (Å²) in [5.74, 6) is 0. The highest BCUT2D eigenvalue weighted by atomic mass is 35.5. The van der Waals surface area contributed by atoms with Crippen molar-refractivity contribution in [1.29, 1.82) is 0 Å². The van der Waals surface area contributed by atoms with Crippen LogP contribution in [0.25, 0.3) is 0 Å². The molecule has 0 aromatic heterocycles. The van der Waals surface area contributed by atoms with Gasteiger partial charge in [-0.3, -0.25) is 4.79 Å². The monoisotopic (exact) mass is 311 g/mol. The molecule has 1 aliphatic heterocycles. The highest BCUT2D eigenvalue weighted by Crippen LogP contribution is 2.32. The van der Waals surface area contributed by atoms with Crippen molar-refractivity contribution in [1.82, 2.24) is 5.32 Å². The topological polar surface area (TPSA) is 55.4 Å². The number of hydrogen-bond donors (Lipinski definition) is 1. The van der Waals surface area contributed by atoms with E-state index >= 15 is 0 Å². The van der Waals surface area contributed by atoms with Crippen molar-refractivity contribution in [3.05, 3.63) is 34.9 Å². The second-order valence-electron chi connectivity index (χ2n) is 6.09. The lowest BCUT2D eigenvalue weighted by Crippen LogP contribution is -2.56. The van der Waals surface area contributed by atoms with Gasteiger partial charge in [0.05, 0.1) is 0 Å². The number of ether oxygens (including phenoxy) is 1. The first-order chi connectivity index (χ1) is 9.83. The van der Waals surface area contributed by atoms with Crippen LogP contribution in [-0.4, -0.2) is 31.4 Å². The van der Waals surface area contributed by atoms with Crippen molar-refractivity contribution >= 4 is 24.4 Å². The Hall–Kier alpha value is -1.39. The van der Waals surface area contributed by atoms with E-state index in [0.717, 1.165) is 30.0 Å². The highest BCUT2D eigenvalue weighted by Gasteiger charge is 2.38. The molecule has 1 aromatic rings. The first-order valence-corrected chi connectivity index (χ1v) is 7.23. The predicted octanol–water partition coefficient (Wildman–Crippen LogP) is 2.73. The van der Waals surface area contributed by atoms with E-state index in [4.69, 9.17) is 11.6 Å². The van der Waals surface area contributed by atoms with E-state index in [1.807, 2.05) is 45.0 Å². The number of hydrogen-bond acceptors (Lipinski definition) is 4. The Morgan fingerprint density at radius 2 is 2.00 bits per heavy atom. The largest absolute Gasteiger partial charge is 0.462 e. The normalized spacial score (nSPS) is 16.0. The van der Waals surface area contributed by atoms with Crippen molar-refractivity contribution < 1.29 is 14.3 Å². The van der Waals surface area contributed by atoms with E-state index in [9.17, 15) is 9.59 Å². The Balaban J connectivity index is 0.000000270. The third kappa shape index (κ3) is 5.48. The van der Waals surface area contributed by atoms with Crippen LogP contribution in [0.4, 0.5) is 0 Å². The molecule has 21 heavy (non-hydrogen) atoms. The number of rotatable bonds is 4. The van der Waals surface area contributed by atoms with Gasteiger partial charge in [0.1, 0.15) is 11.9 Å². The summed E-state index contributed by atoms with van der Waals surface area (Å²) in [4.78, 5) is 20.2. The van der Waals surface area contributed by atoms with Gasteiger partial charge in [0.15, 0.2) is 0 Å². The molecule has 0 saturated carbocycles. The Morgan fingerprint density at radius 3 is 2.33 bits per heavy atom. The highest BCUT2D eigenvalue weighted by molar-refractivity contribution is 6.30. The van der Waals surface area contributed by atoms with Gasteiger partial charge in [-0.15, -0.1) is 0 Å². The molecule has 1 saturated heterocycles. The lowest BCUT2D eigenvalue weighted by Gasteiger charge is -2.42. The molecule has 0 unspecified atom stereocenters. The van der Waals surface area contributed by atoms with Crippen LogP contribution in [0, 0.1) is 0 Å². The number of halogens is 1. The third-order valence-electron chi connectivity index (χ3n) is 3.24. The summed E-state index contributed by atoms with van der Waals surface area (Å²) >= 11 is 5.92. The van der Waals surface area contributed by atoms with Crippen LogP contribution in [0.5, 0.6) is 0 Å². The maximum absolute atomic E-state index is 10.6. The van der Waals surface area contributed by atoms with E-state index in [-0.39, 0.29) is 11.0 Å². The Kier molecular flexibility index (Phi) is 6.37. The number of aldehydes is 1. The average Bonchev–Trinajstić information content (AvgIpc) is 2.33. The molecular formula is C16H22ClNO3. The molecule has 1 N–H and O–H groups in total. The number of nitrogens with one attached hydrogen (secondary N) is 1. The second kappa shape index (κ2) is 7.57. The maximum atomic E-state index is 10.6. The minimum absolute atomic E-state index is 0.00729. The zero-order valence-corrected chi connectivity index (χ0v) is 13.4. The standard InChI is InChI=1S/C11H12ClNO.C5H10O2/c12-10-3-1-2-9(6-10)11(4-5-14)7-13-8-11;1-5(2,3)7-4-6/h1-3,5-6,13H,4,7-8H2;4H,1-3H3. The quantitative estimate of drug-likeness (QED) is 0.869. The van der Waals surface area contributed by atoms with Gasteiger partial charge in [-0.1, -0.05) is 23.7 Å². The molecule has 1 aliphatic rings. The Bertz CT molecular complexity index is 479. The molecule has 0 aliphatic carbocycles. The van der Waals surface area contributed by atoms with Crippen LogP contribution in [0.15, 0.2) is 24.3 Å². The SMILES string of the molecule is CC(C)(C)OC=O.O=CCC1(c2cccc(Cl)c2)CNC1. The van der Waals surface area contributed by atoms with Gasteiger partial charge < -0.3 is 14.8 Å². The number of benzene rings is 1. The van der Waals surface area contributed by atoms with Crippen molar-refractivity contribution in [2.75, 3.05) is 13.1 Å². The fraction of sp³-hybridized carbons (Fsp3) is 0.500. The van der Waals surface area contributed by atoms with Gasteiger partial charge in [0.25, 0.3) is 6.47 Å². The van der Waals surface area contributed by atoms with Gasteiger partial charge in [-0.25, -0.2) is 0 Å². The van der Waals surface area contributed by atoms with Crippen molar-refractivity contribution in [3.63, 3.8) is 0 Å².